The van der Waals surface area contributed by atoms with Gasteiger partial charge in [0.1, 0.15) is 0 Å². The van der Waals surface area contributed by atoms with E-state index in [9.17, 15) is 0 Å². The van der Waals surface area contributed by atoms with Crippen LogP contribution in [0.1, 0.15) is 26.0 Å². The topological polar surface area (TPSA) is 28.1 Å². The van der Waals surface area contributed by atoms with Crippen LogP contribution in [0.3, 0.4) is 0 Å². The molecule has 1 aromatic rings. The molecule has 0 atom stereocenters. The number of hydrogen-bond donors (Lipinski definition) is 1. The largest absolute Gasteiger partial charge is 0.362 e. The molecule has 0 spiro atoms. The molecule has 15 heavy (non-hydrogen) atoms. The fraction of sp³-hybridized carbons (Fsp3) is 0.417. The molecular weight excluding hydrogens is 199 g/mol. The summed E-state index contributed by atoms with van der Waals surface area (Å²) in [6.07, 6.45) is 5.25. The second kappa shape index (κ2) is 4.00. The van der Waals surface area contributed by atoms with Crippen molar-refractivity contribution in [2.24, 2.45) is 10.4 Å². The molecule has 1 aromatic heterocycles. The summed E-state index contributed by atoms with van der Waals surface area (Å²) in [6.45, 7) is 4.55. The van der Waals surface area contributed by atoms with Crippen LogP contribution in [0.2, 0.25) is 5.28 Å². The Balaban J connectivity index is 2.32. The fourth-order valence-electron chi connectivity index (χ4n) is 1.97. The van der Waals surface area contributed by atoms with Gasteiger partial charge in [0.15, 0.2) is 0 Å². The number of aliphatic imine (C=N–C) groups is 1. The van der Waals surface area contributed by atoms with Crippen molar-refractivity contribution in [2.75, 3.05) is 0 Å². The van der Waals surface area contributed by atoms with Gasteiger partial charge in [-0.25, -0.2) is 0 Å². The van der Waals surface area contributed by atoms with E-state index >= 15 is 0 Å². The highest BCUT2D eigenvalue weighted by Gasteiger charge is 2.30. The summed E-state index contributed by atoms with van der Waals surface area (Å²) < 4.78 is 0. The van der Waals surface area contributed by atoms with Gasteiger partial charge in [0.05, 0.1) is 0 Å². The van der Waals surface area contributed by atoms with Crippen LogP contribution in [0.25, 0.3) is 6.08 Å². The van der Waals surface area contributed by atoms with Crippen LogP contribution in [0.15, 0.2) is 29.0 Å². The molecule has 0 aliphatic carbocycles. The van der Waals surface area contributed by atoms with Gasteiger partial charge in [-0.05, 0) is 24.6 Å². The summed E-state index contributed by atoms with van der Waals surface area (Å²) in [4.78, 5) is 7.92. The Morgan fingerprint density at radius 2 is 2.40 bits per heavy atom. The lowest BCUT2D eigenvalue weighted by molar-refractivity contribution is 0.487. The third-order valence-electron chi connectivity index (χ3n) is 2.94. The number of aromatic nitrogens is 1. The van der Waals surface area contributed by atoms with E-state index in [1.165, 1.54) is 33.0 Å². The fourth-order valence-corrected chi connectivity index (χ4v) is 2.38. The second-order valence-corrected chi connectivity index (χ2v) is 5.45. The van der Waals surface area contributed by atoms with E-state index in [4.69, 9.17) is 4.99 Å². The maximum absolute atomic E-state index is 4.73. The molecule has 0 amide bonds. The first-order valence-corrected chi connectivity index (χ1v) is 6.95. The van der Waals surface area contributed by atoms with E-state index in [0.717, 1.165) is 12.1 Å². The van der Waals surface area contributed by atoms with Gasteiger partial charge in [0.2, 0.25) is 16.3 Å². The summed E-state index contributed by atoms with van der Waals surface area (Å²) in [6, 6.07) is 4.10. The molecule has 0 saturated heterocycles. The molecular formula is C12H17AlN2. The van der Waals surface area contributed by atoms with Gasteiger partial charge in [0, 0.05) is 28.7 Å². The van der Waals surface area contributed by atoms with E-state index in [1.807, 2.05) is 12.3 Å². The summed E-state index contributed by atoms with van der Waals surface area (Å²) >= 11 is 1.21. The number of nitrogens with zero attached hydrogens (tertiary/aromatic N) is 1. The zero-order valence-electron chi connectivity index (χ0n) is 9.67. The van der Waals surface area contributed by atoms with Crippen molar-refractivity contribution < 1.29 is 0 Å². The summed E-state index contributed by atoms with van der Waals surface area (Å²) in [5.74, 6) is 0. The van der Waals surface area contributed by atoms with Crippen molar-refractivity contribution in [1.82, 2.24) is 4.98 Å². The van der Waals surface area contributed by atoms with E-state index in [0.29, 0.717) is 0 Å². The van der Waals surface area contributed by atoms with Crippen molar-refractivity contribution in [2.45, 2.75) is 25.6 Å². The van der Waals surface area contributed by atoms with Gasteiger partial charge in [-0.2, -0.15) is 0 Å². The van der Waals surface area contributed by atoms with Crippen LogP contribution in [0.4, 0.5) is 0 Å². The van der Waals surface area contributed by atoms with Crippen molar-refractivity contribution >= 4 is 28.1 Å². The quantitative estimate of drug-likeness (QED) is 0.735. The molecule has 78 valence electrons. The van der Waals surface area contributed by atoms with Crippen LogP contribution in [-0.4, -0.2) is 27.0 Å². The van der Waals surface area contributed by atoms with E-state index in [-0.39, 0.29) is 5.41 Å². The average molecular weight is 216 g/mol. The molecule has 2 heterocycles. The standard InChI is InChI=1S/C12H15N2.Al.2H/c1-9-8-12(2,3)11(14-9)7-10-5-4-6-13-10;;;/h4-7,13H,1,8H2,2-3H3;;;/b11-7-;;;. The highest BCUT2D eigenvalue weighted by Crippen LogP contribution is 2.38. The summed E-state index contributed by atoms with van der Waals surface area (Å²) in [5, 5.41) is 1.20. The molecule has 1 N–H and O–H groups in total. The molecule has 1 aliphatic heterocycles. The zero-order chi connectivity index (χ0) is 10.9. The number of rotatable bonds is 2. The van der Waals surface area contributed by atoms with Crippen LogP contribution < -0.4 is 0 Å². The van der Waals surface area contributed by atoms with Crippen molar-refractivity contribution in [3.8, 4) is 0 Å². The zero-order valence-corrected chi connectivity index (χ0v) is 11.7. The number of hydrogen-bond acceptors (Lipinski definition) is 1. The predicted molar refractivity (Wildman–Crippen MR) is 68.0 cm³/mol. The van der Waals surface area contributed by atoms with E-state index < -0.39 is 0 Å². The third kappa shape index (κ3) is 2.25. The Bertz CT molecular complexity index is 399. The van der Waals surface area contributed by atoms with Gasteiger partial charge >= 0.3 is 0 Å². The Hall–Kier alpha value is -0.778. The minimum absolute atomic E-state index is 0.213. The number of H-pyrrole nitrogens is 1. The smallest absolute Gasteiger partial charge is 0.220 e. The van der Waals surface area contributed by atoms with Crippen LogP contribution in [-0.2, 0) is 0 Å². The lowest BCUT2D eigenvalue weighted by Gasteiger charge is -2.17. The lowest BCUT2D eigenvalue weighted by atomic mass is 9.86. The Morgan fingerprint density at radius 1 is 1.60 bits per heavy atom. The summed E-state index contributed by atoms with van der Waals surface area (Å²) in [5.41, 5.74) is 3.96. The first-order valence-electron chi connectivity index (χ1n) is 5.54. The lowest BCUT2D eigenvalue weighted by Crippen LogP contribution is -2.10. The first-order chi connectivity index (χ1) is 7.12. The minimum atomic E-state index is 0.213. The molecule has 0 unspecified atom stereocenters. The van der Waals surface area contributed by atoms with E-state index in [2.05, 4.69) is 31.0 Å². The molecule has 0 radical (unpaired) electrons. The van der Waals surface area contributed by atoms with Gasteiger partial charge in [0.25, 0.3) is 0 Å². The number of aromatic amines is 1. The van der Waals surface area contributed by atoms with Crippen molar-refractivity contribution in [3.63, 3.8) is 0 Å². The molecule has 1 aliphatic rings. The van der Waals surface area contributed by atoms with Gasteiger partial charge in [-0.3, -0.25) is 4.99 Å². The second-order valence-electron chi connectivity index (χ2n) is 4.75. The first kappa shape index (κ1) is 10.7. The molecule has 0 fully saturated rings. The molecule has 2 rings (SSSR count). The van der Waals surface area contributed by atoms with Crippen LogP contribution >= 0.6 is 0 Å². The maximum atomic E-state index is 4.73. The highest BCUT2D eigenvalue weighted by molar-refractivity contribution is 6.22. The molecule has 2 nitrogen and oxygen atoms in total. The molecule has 0 aromatic carbocycles. The average Bonchev–Trinajstić information content (AvgIpc) is 2.76. The van der Waals surface area contributed by atoms with Gasteiger partial charge < -0.3 is 4.98 Å². The summed E-state index contributed by atoms with van der Waals surface area (Å²) in [7, 11) is 0. The Kier molecular flexibility index (Phi) is 2.86. The number of nitrogens with one attached hydrogen (secondary N) is 1. The SMILES string of the molecule is CC1(C)CC([CH2][AlH2])=N/C1=C\c1ccc[nH]1. The molecule has 0 bridgehead atoms. The monoisotopic (exact) mass is 216 g/mol. The van der Waals surface area contributed by atoms with Crippen molar-refractivity contribution in [1.29, 1.82) is 0 Å². The van der Waals surface area contributed by atoms with Crippen LogP contribution in [0, 0.1) is 5.41 Å². The van der Waals surface area contributed by atoms with Crippen LogP contribution in [0.5, 0.6) is 0 Å². The minimum Gasteiger partial charge on any atom is -0.362 e. The van der Waals surface area contributed by atoms with E-state index in [1.54, 1.807) is 0 Å². The Morgan fingerprint density at radius 3 is 2.93 bits per heavy atom. The Labute approximate surface area is 98.9 Å². The molecule has 0 saturated carbocycles. The highest BCUT2D eigenvalue weighted by atomic mass is 27.0. The maximum Gasteiger partial charge on any atom is 0.220 e. The third-order valence-corrected chi connectivity index (χ3v) is 3.76. The predicted octanol–water partition coefficient (Wildman–Crippen LogP) is 2.28. The molecule has 3 heteroatoms. The number of allylic oxidation sites excluding steroid dienone is 1. The van der Waals surface area contributed by atoms with Gasteiger partial charge in [-0.1, -0.05) is 19.1 Å². The normalized spacial score (nSPS) is 22.0. The van der Waals surface area contributed by atoms with Gasteiger partial charge in [-0.15, -0.1) is 0 Å². The van der Waals surface area contributed by atoms with Crippen molar-refractivity contribution in [3.05, 3.63) is 29.7 Å².